The van der Waals surface area contributed by atoms with Crippen LogP contribution in [0.1, 0.15) is 70.3 Å². The first kappa shape index (κ1) is 43.8. The fourth-order valence-electron chi connectivity index (χ4n) is 4.07. The number of aliphatic hydroxyl groups excluding tert-OH is 1. The van der Waals surface area contributed by atoms with Crippen molar-refractivity contribution in [1.82, 2.24) is 20.0 Å². The standard InChI is InChI=1S/C27H38N4O2.C2H4F2O2.2C2H6.C2H4/c1-4-5-6-8-22(2)20-28-26-12-11-25(21-29(26)3)23-9-7-10-24(19-23)27(33)31-15-13-30(14-16-31)17-18-32;1-6-2(3,4)5;3*1-2/h6-12,19-20,28,32H,4-5,13-18,21H2,1-3H3;5H,1H3;2*1-2H3;1-2H2/b8-6+,22-20+;;;;. The highest BCUT2D eigenvalue weighted by atomic mass is 19.3. The number of rotatable bonds is 10. The van der Waals surface area contributed by atoms with Crippen LogP contribution in [-0.2, 0) is 4.74 Å². The normalized spacial score (nSPS) is 15.1. The Kier molecular flexibility index (Phi) is 25.3. The maximum atomic E-state index is 13.1. The smallest absolute Gasteiger partial charge is 0.395 e. The van der Waals surface area contributed by atoms with Crippen molar-refractivity contribution < 1.29 is 28.5 Å². The van der Waals surface area contributed by atoms with E-state index in [1.54, 1.807) is 0 Å². The molecule has 45 heavy (non-hydrogen) atoms. The van der Waals surface area contributed by atoms with Crippen LogP contribution in [0, 0.1) is 0 Å². The predicted octanol–water partition coefficient (Wildman–Crippen LogP) is 6.49. The Morgan fingerprint density at radius 2 is 1.71 bits per heavy atom. The number of amides is 1. The monoisotopic (exact) mass is 636 g/mol. The van der Waals surface area contributed by atoms with Crippen molar-refractivity contribution in [1.29, 1.82) is 0 Å². The zero-order valence-corrected chi connectivity index (χ0v) is 28.8. The molecule has 0 radical (unpaired) electrons. The molecule has 0 atom stereocenters. The number of halogens is 2. The summed E-state index contributed by atoms with van der Waals surface area (Å²) in [4.78, 5) is 19.3. The molecule has 8 nitrogen and oxygen atoms in total. The molecule has 1 amide bonds. The van der Waals surface area contributed by atoms with E-state index in [4.69, 9.17) is 10.2 Å². The first-order valence-corrected chi connectivity index (χ1v) is 15.7. The lowest BCUT2D eigenvalue weighted by molar-refractivity contribution is -0.360. The lowest BCUT2D eigenvalue weighted by Gasteiger charge is -2.34. The molecule has 2 aliphatic heterocycles. The lowest BCUT2D eigenvalue weighted by Crippen LogP contribution is -2.49. The van der Waals surface area contributed by atoms with E-state index in [0.717, 1.165) is 49.4 Å². The molecule has 256 valence electrons. The molecule has 0 aliphatic carbocycles. The molecule has 1 saturated heterocycles. The number of alkyl halides is 2. The second kappa shape index (κ2) is 26.0. The van der Waals surface area contributed by atoms with Crippen LogP contribution in [-0.4, -0.2) is 97.1 Å². The molecule has 2 heterocycles. The summed E-state index contributed by atoms with van der Waals surface area (Å²) in [7, 11) is 2.78. The van der Waals surface area contributed by atoms with Crippen molar-refractivity contribution in [3.63, 3.8) is 0 Å². The van der Waals surface area contributed by atoms with Gasteiger partial charge in [-0.3, -0.25) is 14.4 Å². The van der Waals surface area contributed by atoms with Gasteiger partial charge in [-0.1, -0.05) is 71.4 Å². The zero-order valence-electron chi connectivity index (χ0n) is 28.8. The van der Waals surface area contributed by atoms with Gasteiger partial charge in [0.05, 0.1) is 6.61 Å². The molecule has 3 N–H and O–H groups in total. The number of piperazine rings is 1. The number of methoxy groups -OCH3 is 1. The van der Waals surface area contributed by atoms with Crippen LogP contribution in [0.15, 0.2) is 79.3 Å². The first-order valence-electron chi connectivity index (χ1n) is 15.7. The van der Waals surface area contributed by atoms with Crippen LogP contribution in [0.5, 0.6) is 0 Å². The quantitative estimate of drug-likeness (QED) is 0.154. The van der Waals surface area contributed by atoms with E-state index in [-0.39, 0.29) is 12.5 Å². The Morgan fingerprint density at radius 3 is 2.22 bits per heavy atom. The molecular weight excluding hydrogens is 578 g/mol. The van der Waals surface area contributed by atoms with Crippen molar-refractivity contribution in [2.75, 3.05) is 60.0 Å². The molecule has 0 bridgehead atoms. The van der Waals surface area contributed by atoms with E-state index >= 15 is 0 Å². The maximum absolute atomic E-state index is 13.1. The molecular formula is C35H58F2N4O4. The number of hydrogen-bond acceptors (Lipinski definition) is 7. The summed E-state index contributed by atoms with van der Waals surface area (Å²) in [6, 6.07) is 7.96. The molecule has 3 rings (SSSR count). The van der Waals surface area contributed by atoms with E-state index in [9.17, 15) is 13.6 Å². The molecule has 1 aromatic rings. The minimum atomic E-state index is -3.96. The van der Waals surface area contributed by atoms with Crippen molar-refractivity contribution in [2.45, 2.75) is 60.7 Å². The van der Waals surface area contributed by atoms with Crippen LogP contribution < -0.4 is 5.32 Å². The Bertz CT molecular complexity index is 1060. The van der Waals surface area contributed by atoms with Gasteiger partial charge in [-0.25, -0.2) is 0 Å². The number of unbranched alkanes of at least 4 members (excludes halogenated alkanes) is 1. The third-order valence-electron chi connectivity index (χ3n) is 6.35. The lowest BCUT2D eigenvalue weighted by atomic mass is 10.00. The number of likely N-dealkylation sites (N-methyl/N-ethyl adjacent to an activating group) is 1. The van der Waals surface area contributed by atoms with Crippen LogP contribution in [0.2, 0.25) is 0 Å². The number of carbonyl (C=O) groups is 1. The first-order chi connectivity index (χ1) is 21.6. The molecule has 0 unspecified atom stereocenters. The predicted molar refractivity (Wildman–Crippen MR) is 184 cm³/mol. The molecule has 0 saturated carbocycles. The molecule has 0 spiro atoms. The summed E-state index contributed by atoms with van der Waals surface area (Å²) in [5, 5.41) is 19.8. The number of nitrogens with one attached hydrogen (secondary N) is 1. The van der Waals surface area contributed by atoms with E-state index in [1.165, 1.54) is 11.1 Å². The fourth-order valence-corrected chi connectivity index (χ4v) is 4.07. The summed E-state index contributed by atoms with van der Waals surface area (Å²) in [5.41, 5.74) is 4.19. The van der Waals surface area contributed by atoms with Crippen molar-refractivity contribution >= 4 is 11.5 Å². The van der Waals surface area contributed by atoms with Crippen LogP contribution in [0.3, 0.4) is 0 Å². The van der Waals surface area contributed by atoms with E-state index < -0.39 is 6.29 Å². The summed E-state index contributed by atoms with van der Waals surface area (Å²) >= 11 is 0. The minimum absolute atomic E-state index is 0.0832. The summed E-state index contributed by atoms with van der Waals surface area (Å²) in [6.07, 6.45) is 8.91. The highest BCUT2D eigenvalue weighted by Crippen LogP contribution is 2.23. The number of carbonyl (C=O) groups excluding carboxylic acids is 1. The fraction of sp³-hybridized carbons (Fsp3) is 0.514. The average Bonchev–Trinajstić information content (AvgIpc) is 3.07. The van der Waals surface area contributed by atoms with Gasteiger partial charge < -0.3 is 25.3 Å². The van der Waals surface area contributed by atoms with Crippen LogP contribution >= 0.6 is 0 Å². The number of allylic oxidation sites excluding steroid dienone is 5. The Labute approximate surface area is 271 Å². The minimum Gasteiger partial charge on any atom is -0.395 e. The second-order valence-corrected chi connectivity index (χ2v) is 9.45. The molecule has 2 aliphatic rings. The van der Waals surface area contributed by atoms with Gasteiger partial charge in [0.15, 0.2) is 0 Å². The maximum Gasteiger partial charge on any atom is 0.482 e. The highest BCUT2D eigenvalue weighted by Gasteiger charge is 2.23. The Hall–Kier alpha value is -3.31. The van der Waals surface area contributed by atoms with Crippen molar-refractivity contribution in [3.8, 4) is 0 Å². The average molecular weight is 637 g/mol. The SMILES string of the molecule is C=C.CC.CC.CCC/C=C/C(C)=C/NC1=CC=C(c2cccc(C(=O)N3CCN(CCO)CC3)c2)CN1C.COC(O)(F)F. The number of aliphatic hydroxyl groups is 2. The largest absolute Gasteiger partial charge is 0.482 e. The van der Waals surface area contributed by atoms with E-state index in [1.807, 2.05) is 57.0 Å². The third kappa shape index (κ3) is 18.3. The molecule has 10 heteroatoms. The topological polar surface area (TPSA) is 88.5 Å². The van der Waals surface area contributed by atoms with Crippen molar-refractivity contribution in [3.05, 3.63) is 90.4 Å². The Balaban J connectivity index is 0. The third-order valence-corrected chi connectivity index (χ3v) is 6.35. The van der Waals surface area contributed by atoms with E-state index in [0.29, 0.717) is 26.7 Å². The summed E-state index contributed by atoms with van der Waals surface area (Å²) < 4.78 is 24.7. The van der Waals surface area contributed by atoms with Gasteiger partial charge in [0.2, 0.25) is 0 Å². The molecule has 0 aromatic heterocycles. The van der Waals surface area contributed by atoms with Gasteiger partial charge in [0.25, 0.3) is 5.91 Å². The zero-order chi connectivity index (χ0) is 34.8. The number of benzene rings is 1. The van der Waals surface area contributed by atoms with Crippen LogP contribution in [0.4, 0.5) is 8.78 Å². The number of β-amino-alcohol motifs (C(OH)–C–C–N with tert-alkyl or cyclic N) is 1. The van der Waals surface area contributed by atoms with Crippen LogP contribution in [0.25, 0.3) is 5.57 Å². The van der Waals surface area contributed by atoms with Crippen molar-refractivity contribution in [2.24, 2.45) is 0 Å². The van der Waals surface area contributed by atoms with Gasteiger partial charge in [-0.05, 0) is 48.3 Å². The van der Waals surface area contributed by atoms with E-state index in [2.05, 4.69) is 84.3 Å². The van der Waals surface area contributed by atoms with Gasteiger partial charge in [0.1, 0.15) is 5.82 Å². The highest BCUT2D eigenvalue weighted by molar-refractivity contribution is 5.95. The van der Waals surface area contributed by atoms with Gasteiger partial charge in [-0.2, -0.15) is 0 Å². The molecule has 1 fully saturated rings. The summed E-state index contributed by atoms with van der Waals surface area (Å²) in [5.74, 6) is 1.13. The Morgan fingerprint density at radius 1 is 1.11 bits per heavy atom. The van der Waals surface area contributed by atoms with Gasteiger partial charge >= 0.3 is 6.29 Å². The second-order valence-electron chi connectivity index (χ2n) is 9.45. The molecule has 1 aromatic carbocycles. The van der Waals surface area contributed by atoms with Gasteiger partial charge in [-0.15, -0.1) is 21.9 Å². The van der Waals surface area contributed by atoms with Gasteiger partial charge in [0, 0.05) is 65.2 Å². The number of nitrogens with zero attached hydrogens (tertiary/aromatic N) is 3. The number of ether oxygens (including phenoxy) is 1. The summed E-state index contributed by atoms with van der Waals surface area (Å²) in [6.45, 7) is 22.9. The number of hydrogen-bond donors (Lipinski definition) is 3.